The van der Waals surface area contributed by atoms with Crippen molar-refractivity contribution in [3.63, 3.8) is 0 Å². The van der Waals surface area contributed by atoms with Crippen molar-refractivity contribution >= 4 is 15.7 Å². The molecule has 2 rings (SSSR count). The Labute approximate surface area is 101 Å². The molecule has 0 aliphatic carbocycles. The van der Waals surface area contributed by atoms with Crippen LogP contribution in [0.15, 0.2) is 0 Å². The average Bonchev–Trinajstić information content (AvgIpc) is 2.50. The molecule has 6 nitrogen and oxygen atoms in total. The van der Waals surface area contributed by atoms with E-state index in [0.717, 1.165) is 6.54 Å². The number of hydrogen-bond donors (Lipinski definition) is 1. The van der Waals surface area contributed by atoms with E-state index in [0.29, 0.717) is 32.7 Å². The number of carbonyl (C=O) groups is 1. The highest BCUT2D eigenvalue weighted by Gasteiger charge is 2.29. The fourth-order valence-corrected chi connectivity index (χ4v) is 3.36. The molecule has 1 amide bonds. The van der Waals surface area contributed by atoms with Gasteiger partial charge in [-0.15, -0.1) is 0 Å². The van der Waals surface area contributed by atoms with Gasteiger partial charge in [-0.05, 0) is 6.42 Å². The molecule has 0 spiro atoms. The first kappa shape index (κ1) is 12.8. The molecule has 2 aliphatic rings. The number of nitrogens with zero attached hydrogens (tertiary/aromatic N) is 1. The zero-order chi connectivity index (χ0) is 12.3. The van der Waals surface area contributed by atoms with Crippen LogP contribution in [0.25, 0.3) is 0 Å². The highest BCUT2D eigenvalue weighted by molar-refractivity contribution is 7.91. The predicted octanol–water partition coefficient (Wildman–Crippen LogP) is -1.38. The summed E-state index contributed by atoms with van der Waals surface area (Å²) in [6, 6.07) is 0. The first-order chi connectivity index (χ1) is 8.08. The lowest BCUT2D eigenvalue weighted by Crippen LogP contribution is -2.50. The first-order valence-corrected chi connectivity index (χ1v) is 7.72. The number of sulfone groups is 1. The molecule has 2 aliphatic heterocycles. The molecule has 7 heteroatoms. The second-order valence-electron chi connectivity index (χ2n) is 4.39. The Balaban J connectivity index is 1.95. The topological polar surface area (TPSA) is 75.7 Å². The summed E-state index contributed by atoms with van der Waals surface area (Å²) in [5, 5.41) is 3.10. The SMILES string of the molecule is O=C(C1CNCCO1)N1CCCS(=O)(=O)CC1. The van der Waals surface area contributed by atoms with Crippen LogP contribution in [0.2, 0.25) is 0 Å². The standard InChI is InChI=1S/C10H18N2O4S/c13-10(9-8-11-2-5-16-9)12-3-1-6-17(14,15)7-4-12/h9,11H,1-8H2. The van der Waals surface area contributed by atoms with Gasteiger partial charge in [0.15, 0.2) is 9.84 Å². The minimum Gasteiger partial charge on any atom is -0.366 e. The lowest BCUT2D eigenvalue weighted by atomic mass is 10.2. The van der Waals surface area contributed by atoms with Gasteiger partial charge < -0.3 is 15.0 Å². The summed E-state index contributed by atoms with van der Waals surface area (Å²) in [6.07, 6.45) is 0.0679. The summed E-state index contributed by atoms with van der Waals surface area (Å²) in [4.78, 5) is 13.7. The Hall–Kier alpha value is -0.660. The highest BCUT2D eigenvalue weighted by atomic mass is 32.2. The molecule has 98 valence electrons. The van der Waals surface area contributed by atoms with Crippen molar-refractivity contribution in [1.82, 2.24) is 10.2 Å². The Kier molecular flexibility index (Phi) is 4.01. The lowest BCUT2D eigenvalue weighted by Gasteiger charge is -2.28. The maximum absolute atomic E-state index is 12.1. The van der Waals surface area contributed by atoms with Crippen LogP contribution in [0.4, 0.5) is 0 Å². The van der Waals surface area contributed by atoms with Crippen LogP contribution in [0.5, 0.6) is 0 Å². The molecule has 0 aromatic rings. The molecule has 2 heterocycles. The predicted molar refractivity (Wildman–Crippen MR) is 62.5 cm³/mol. The second kappa shape index (κ2) is 5.32. The number of nitrogens with one attached hydrogen (secondary N) is 1. The smallest absolute Gasteiger partial charge is 0.253 e. The normalized spacial score (nSPS) is 29.6. The van der Waals surface area contributed by atoms with Crippen LogP contribution in [0.3, 0.4) is 0 Å². The molecule has 1 atom stereocenters. The molecular weight excluding hydrogens is 244 g/mol. The van der Waals surface area contributed by atoms with Gasteiger partial charge in [0.1, 0.15) is 6.10 Å². The van der Waals surface area contributed by atoms with Crippen LogP contribution in [0, 0.1) is 0 Å². The van der Waals surface area contributed by atoms with Crippen LogP contribution in [-0.2, 0) is 19.4 Å². The van der Waals surface area contributed by atoms with Gasteiger partial charge in [0.25, 0.3) is 5.91 Å². The van der Waals surface area contributed by atoms with E-state index in [1.54, 1.807) is 4.90 Å². The van der Waals surface area contributed by atoms with E-state index in [9.17, 15) is 13.2 Å². The van der Waals surface area contributed by atoms with E-state index >= 15 is 0 Å². The molecule has 2 saturated heterocycles. The van der Waals surface area contributed by atoms with Gasteiger partial charge in [-0.3, -0.25) is 4.79 Å². The minimum absolute atomic E-state index is 0.0683. The number of amides is 1. The molecule has 0 saturated carbocycles. The molecule has 0 aromatic heterocycles. The summed E-state index contributed by atoms with van der Waals surface area (Å²) >= 11 is 0. The zero-order valence-corrected chi connectivity index (χ0v) is 10.5. The quantitative estimate of drug-likeness (QED) is 0.630. The van der Waals surface area contributed by atoms with E-state index < -0.39 is 15.9 Å². The largest absolute Gasteiger partial charge is 0.366 e. The summed E-state index contributed by atoms with van der Waals surface area (Å²) in [7, 11) is -2.97. The average molecular weight is 262 g/mol. The number of ether oxygens (including phenoxy) is 1. The number of rotatable bonds is 1. The number of carbonyl (C=O) groups excluding carboxylic acids is 1. The Morgan fingerprint density at radius 3 is 2.82 bits per heavy atom. The van der Waals surface area contributed by atoms with E-state index in [4.69, 9.17) is 4.74 Å². The molecule has 17 heavy (non-hydrogen) atoms. The van der Waals surface area contributed by atoms with E-state index in [2.05, 4.69) is 5.32 Å². The Morgan fingerprint density at radius 2 is 2.12 bits per heavy atom. The molecule has 0 radical (unpaired) electrons. The van der Waals surface area contributed by atoms with Crippen molar-refractivity contribution in [2.75, 3.05) is 44.3 Å². The third-order valence-electron chi connectivity index (χ3n) is 3.07. The highest BCUT2D eigenvalue weighted by Crippen LogP contribution is 2.09. The Bertz CT molecular complexity index is 376. The van der Waals surface area contributed by atoms with Crippen molar-refractivity contribution < 1.29 is 17.9 Å². The molecule has 1 unspecified atom stereocenters. The van der Waals surface area contributed by atoms with Crippen molar-refractivity contribution in [3.8, 4) is 0 Å². The zero-order valence-electron chi connectivity index (χ0n) is 9.72. The van der Waals surface area contributed by atoms with Crippen molar-refractivity contribution in [1.29, 1.82) is 0 Å². The van der Waals surface area contributed by atoms with Gasteiger partial charge >= 0.3 is 0 Å². The van der Waals surface area contributed by atoms with Crippen molar-refractivity contribution in [2.45, 2.75) is 12.5 Å². The van der Waals surface area contributed by atoms with E-state index in [-0.39, 0.29) is 17.4 Å². The monoisotopic (exact) mass is 262 g/mol. The van der Waals surface area contributed by atoms with Gasteiger partial charge in [0.2, 0.25) is 0 Å². The third kappa shape index (κ3) is 3.40. The molecule has 0 aromatic carbocycles. The number of hydrogen-bond acceptors (Lipinski definition) is 5. The maximum Gasteiger partial charge on any atom is 0.253 e. The van der Waals surface area contributed by atoms with Gasteiger partial charge in [-0.25, -0.2) is 8.42 Å². The van der Waals surface area contributed by atoms with Crippen LogP contribution in [0.1, 0.15) is 6.42 Å². The van der Waals surface area contributed by atoms with Crippen molar-refractivity contribution in [2.24, 2.45) is 0 Å². The second-order valence-corrected chi connectivity index (χ2v) is 6.70. The third-order valence-corrected chi connectivity index (χ3v) is 4.79. The summed E-state index contributed by atoms with van der Waals surface area (Å²) < 4.78 is 28.2. The first-order valence-electron chi connectivity index (χ1n) is 5.90. The van der Waals surface area contributed by atoms with Gasteiger partial charge in [-0.1, -0.05) is 0 Å². The summed E-state index contributed by atoms with van der Waals surface area (Å²) in [5.41, 5.74) is 0. The van der Waals surface area contributed by atoms with Crippen LogP contribution in [-0.4, -0.2) is 69.6 Å². The molecular formula is C10H18N2O4S. The van der Waals surface area contributed by atoms with Crippen LogP contribution < -0.4 is 5.32 Å². The fraction of sp³-hybridized carbons (Fsp3) is 0.900. The van der Waals surface area contributed by atoms with Gasteiger partial charge in [0, 0.05) is 26.2 Å². The maximum atomic E-state index is 12.1. The van der Waals surface area contributed by atoms with Gasteiger partial charge in [-0.2, -0.15) is 0 Å². The number of morpholine rings is 1. The molecule has 2 fully saturated rings. The Morgan fingerprint density at radius 1 is 1.29 bits per heavy atom. The van der Waals surface area contributed by atoms with E-state index in [1.165, 1.54) is 0 Å². The van der Waals surface area contributed by atoms with E-state index in [1.807, 2.05) is 0 Å². The van der Waals surface area contributed by atoms with Crippen LogP contribution >= 0.6 is 0 Å². The lowest BCUT2D eigenvalue weighted by molar-refractivity contribution is -0.144. The fourth-order valence-electron chi connectivity index (χ4n) is 2.09. The summed E-state index contributed by atoms with van der Waals surface area (Å²) in [6.45, 7) is 2.61. The summed E-state index contributed by atoms with van der Waals surface area (Å²) in [5.74, 6) is 0.161. The molecule has 0 bridgehead atoms. The molecule has 1 N–H and O–H groups in total. The van der Waals surface area contributed by atoms with Gasteiger partial charge in [0.05, 0.1) is 18.1 Å². The minimum atomic E-state index is -2.97. The van der Waals surface area contributed by atoms with Crippen molar-refractivity contribution in [3.05, 3.63) is 0 Å².